The van der Waals surface area contributed by atoms with Crippen LogP contribution in [0.1, 0.15) is 42.0 Å². The molecule has 0 saturated carbocycles. The summed E-state index contributed by atoms with van der Waals surface area (Å²) in [4.78, 5) is 12.8. The maximum atomic E-state index is 14.4. The van der Waals surface area contributed by atoms with Gasteiger partial charge >= 0.3 is 5.97 Å². The van der Waals surface area contributed by atoms with Crippen LogP contribution in [-0.2, 0) is 10.5 Å². The summed E-state index contributed by atoms with van der Waals surface area (Å²) in [7, 11) is 0. The highest BCUT2D eigenvalue weighted by Crippen LogP contribution is 2.37. The number of carbonyl (C=O) groups excluding carboxylic acids is 1. The summed E-state index contributed by atoms with van der Waals surface area (Å²) in [5.41, 5.74) is 0.653. The molecular formula is C17H18FN3O2S2. The van der Waals surface area contributed by atoms with E-state index in [-0.39, 0.29) is 18.5 Å². The smallest absolute Gasteiger partial charge is 0.348 e. The summed E-state index contributed by atoms with van der Waals surface area (Å²) in [5.74, 6) is -0.324. The van der Waals surface area contributed by atoms with Gasteiger partial charge < -0.3 is 9.30 Å². The summed E-state index contributed by atoms with van der Waals surface area (Å²) in [5, 5.41) is 9.28. The van der Waals surface area contributed by atoms with E-state index in [9.17, 15) is 9.18 Å². The normalized spacial score (nSPS) is 11.4. The van der Waals surface area contributed by atoms with E-state index < -0.39 is 5.97 Å². The zero-order valence-electron chi connectivity index (χ0n) is 14.2. The molecule has 0 unspecified atom stereocenters. The second-order valence-corrected chi connectivity index (χ2v) is 7.64. The van der Waals surface area contributed by atoms with Crippen molar-refractivity contribution >= 4 is 39.2 Å². The fourth-order valence-electron chi connectivity index (χ4n) is 2.49. The molecule has 0 aliphatic rings. The molecule has 132 valence electrons. The van der Waals surface area contributed by atoms with Crippen LogP contribution < -0.4 is 0 Å². The Bertz CT molecular complexity index is 905. The monoisotopic (exact) mass is 379 g/mol. The number of ether oxygens (including phenoxy) is 1. The van der Waals surface area contributed by atoms with Crippen molar-refractivity contribution in [2.24, 2.45) is 0 Å². The average molecular weight is 379 g/mol. The molecule has 0 aliphatic heterocycles. The highest BCUT2D eigenvalue weighted by Gasteiger charge is 2.22. The number of rotatable bonds is 6. The molecule has 3 aromatic rings. The fourth-order valence-corrected chi connectivity index (χ4v) is 4.79. The molecule has 1 aromatic carbocycles. The van der Waals surface area contributed by atoms with Crippen molar-refractivity contribution in [3.63, 3.8) is 0 Å². The van der Waals surface area contributed by atoms with Crippen LogP contribution in [0.3, 0.4) is 0 Å². The fraction of sp³-hybridized carbons (Fsp3) is 0.353. The van der Waals surface area contributed by atoms with Crippen molar-refractivity contribution in [3.8, 4) is 0 Å². The summed E-state index contributed by atoms with van der Waals surface area (Å²) in [6.45, 7) is 6.11. The summed E-state index contributed by atoms with van der Waals surface area (Å²) >= 11 is 2.70. The maximum absolute atomic E-state index is 14.4. The van der Waals surface area contributed by atoms with Gasteiger partial charge in [-0.3, -0.25) is 0 Å². The Kier molecular flexibility index (Phi) is 5.39. The Morgan fingerprint density at radius 3 is 2.96 bits per heavy atom. The molecule has 0 radical (unpaired) electrons. The lowest BCUT2D eigenvalue weighted by Gasteiger charge is -2.10. The van der Waals surface area contributed by atoms with Gasteiger partial charge in [0.15, 0.2) is 5.16 Å². The number of fused-ring (bicyclic) bond motifs is 1. The van der Waals surface area contributed by atoms with Gasteiger partial charge in [-0.05, 0) is 38.5 Å². The van der Waals surface area contributed by atoms with Crippen LogP contribution in [-0.4, -0.2) is 27.3 Å². The zero-order chi connectivity index (χ0) is 18.0. The molecule has 3 rings (SSSR count). The van der Waals surface area contributed by atoms with Crippen molar-refractivity contribution in [1.29, 1.82) is 0 Å². The zero-order valence-corrected chi connectivity index (χ0v) is 15.8. The highest BCUT2D eigenvalue weighted by molar-refractivity contribution is 7.98. The number of thiophene rings is 1. The van der Waals surface area contributed by atoms with Crippen molar-refractivity contribution in [2.45, 2.75) is 37.7 Å². The standard InChI is InChI=1S/C17H18FN3O2S2/c1-4-23-16(22)15-11(14-12(18)6-5-7-13(14)25-15)8-24-17-20-19-9-21(17)10(2)3/h5-7,9-10H,4,8H2,1-3H3. The third-order valence-corrected chi connectivity index (χ3v) is 5.83. The van der Waals surface area contributed by atoms with Gasteiger partial charge in [-0.2, -0.15) is 0 Å². The minimum Gasteiger partial charge on any atom is -0.462 e. The molecule has 0 amide bonds. The molecule has 0 N–H and O–H groups in total. The van der Waals surface area contributed by atoms with Crippen LogP contribution in [0.15, 0.2) is 29.7 Å². The SMILES string of the molecule is CCOC(=O)c1sc2cccc(F)c2c1CSc1nncn1C(C)C. The third kappa shape index (κ3) is 3.55. The van der Waals surface area contributed by atoms with Gasteiger partial charge in [-0.1, -0.05) is 17.8 Å². The van der Waals surface area contributed by atoms with E-state index in [1.54, 1.807) is 19.3 Å². The molecule has 0 spiro atoms. The number of aromatic nitrogens is 3. The van der Waals surface area contributed by atoms with Gasteiger partial charge in [0.25, 0.3) is 0 Å². The lowest BCUT2D eigenvalue weighted by Crippen LogP contribution is -2.05. The van der Waals surface area contributed by atoms with Crippen LogP contribution in [0.5, 0.6) is 0 Å². The first-order valence-corrected chi connectivity index (χ1v) is 9.72. The van der Waals surface area contributed by atoms with Crippen molar-refractivity contribution in [2.75, 3.05) is 6.61 Å². The van der Waals surface area contributed by atoms with E-state index in [1.165, 1.54) is 29.2 Å². The Morgan fingerprint density at radius 2 is 2.24 bits per heavy atom. The van der Waals surface area contributed by atoms with Gasteiger partial charge in [-0.25, -0.2) is 9.18 Å². The van der Waals surface area contributed by atoms with Gasteiger partial charge in [0.05, 0.1) is 6.61 Å². The topological polar surface area (TPSA) is 57.0 Å². The quantitative estimate of drug-likeness (QED) is 0.460. The van der Waals surface area contributed by atoms with Gasteiger partial charge in [-0.15, -0.1) is 21.5 Å². The molecule has 25 heavy (non-hydrogen) atoms. The van der Waals surface area contributed by atoms with Crippen molar-refractivity contribution in [1.82, 2.24) is 14.8 Å². The average Bonchev–Trinajstić information content (AvgIpc) is 3.18. The predicted molar refractivity (Wildman–Crippen MR) is 97.7 cm³/mol. The number of hydrogen-bond acceptors (Lipinski definition) is 6. The third-order valence-electron chi connectivity index (χ3n) is 3.67. The summed E-state index contributed by atoms with van der Waals surface area (Å²) in [6, 6.07) is 5.10. The van der Waals surface area contributed by atoms with Crippen LogP contribution in [0.4, 0.5) is 4.39 Å². The second kappa shape index (κ2) is 7.53. The van der Waals surface area contributed by atoms with E-state index in [0.717, 1.165) is 9.86 Å². The van der Waals surface area contributed by atoms with Crippen LogP contribution in [0, 0.1) is 5.82 Å². The number of thioether (sulfide) groups is 1. The van der Waals surface area contributed by atoms with E-state index >= 15 is 0 Å². The van der Waals surface area contributed by atoms with E-state index in [1.807, 2.05) is 24.5 Å². The van der Waals surface area contributed by atoms with E-state index in [4.69, 9.17) is 4.74 Å². The maximum Gasteiger partial charge on any atom is 0.348 e. The first-order valence-electron chi connectivity index (χ1n) is 7.92. The Morgan fingerprint density at radius 1 is 1.44 bits per heavy atom. The Hall–Kier alpha value is -1.93. The molecule has 2 aromatic heterocycles. The largest absolute Gasteiger partial charge is 0.462 e. The molecule has 5 nitrogen and oxygen atoms in total. The molecule has 0 aliphatic carbocycles. The summed E-state index contributed by atoms with van der Waals surface area (Å²) < 4.78 is 22.2. The first kappa shape index (κ1) is 17.9. The number of nitrogens with zero attached hydrogens (tertiary/aromatic N) is 3. The van der Waals surface area contributed by atoms with E-state index in [2.05, 4.69) is 10.2 Å². The number of esters is 1. The van der Waals surface area contributed by atoms with Gasteiger partial charge in [0, 0.05) is 21.9 Å². The Labute approximate surface area is 153 Å². The molecule has 0 bridgehead atoms. The minimum atomic E-state index is -0.413. The first-order chi connectivity index (χ1) is 12.0. The highest BCUT2D eigenvalue weighted by atomic mass is 32.2. The Balaban J connectivity index is 1.99. The number of carbonyl (C=O) groups is 1. The summed E-state index contributed by atoms with van der Waals surface area (Å²) in [6.07, 6.45) is 1.67. The van der Waals surface area contributed by atoms with Gasteiger partial charge in [0.1, 0.15) is 17.0 Å². The molecule has 2 heterocycles. The van der Waals surface area contributed by atoms with E-state index in [0.29, 0.717) is 21.6 Å². The second-order valence-electron chi connectivity index (χ2n) is 5.65. The van der Waals surface area contributed by atoms with Crippen LogP contribution >= 0.6 is 23.1 Å². The van der Waals surface area contributed by atoms with Crippen LogP contribution in [0.25, 0.3) is 10.1 Å². The lowest BCUT2D eigenvalue weighted by atomic mass is 10.1. The van der Waals surface area contributed by atoms with Gasteiger partial charge in [0.2, 0.25) is 0 Å². The number of hydrogen-bond donors (Lipinski definition) is 0. The van der Waals surface area contributed by atoms with Crippen LogP contribution in [0.2, 0.25) is 0 Å². The molecule has 0 fully saturated rings. The minimum absolute atomic E-state index is 0.220. The van der Waals surface area contributed by atoms with Crippen molar-refractivity contribution < 1.29 is 13.9 Å². The lowest BCUT2D eigenvalue weighted by molar-refractivity contribution is 0.0531. The molecule has 8 heteroatoms. The molecule has 0 saturated heterocycles. The number of halogens is 1. The van der Waals surface area contributed by atoms with Crippen molar-refractivity contribution in [3.05, 3.63) is 40.8 Å². The molecular weight excluding hydrogens is 361 g/mol. The number of benzene rings is 1. The molecule has 0 atom stereocenters. The predicted octanol–water partition coefficient (Wildman–Crippen LogP) is 4.68.